The highest BCUT2D eigenvalue weighted by Gasteiger charge is 2.13. The Morgan fingerprint density at radius 2 is 1.92 bits per heavy atom. The molecule has 0 spiro atoms. The molecule has 5 nitrogen and oxygen atoms in total. The van der Waals surface area contributed by atoms with Crippen molar-refractivity contribution in [2.45, 2.75) is 27.3 Å². The summed E-state index contributed by atoms with van der Waals surface area (Å²) >= 11 is 1.60. The van der Waals surface area contributed by atoms with Crippen molar-refractivity contribution in [1.82, 2.24) is 20.3 Å². The van der Waals surface area contributed by atoms with Crippen LogP contribution in [-0.2, 0) is 6.54 Å². The van der Waals surface area contributed by atoms with E-state index in [9.17, 15) is 4.79 Å². The number of aryl methyl sites for hydroxylation is 3. The fraction of sp³-hybridized carbons (Fsp3) is 0.222. The van der Waals surface area contributed by atoms with Crippen molar-refractivity contribution in [3.8, 4) is 10.6 Å². The molecule has 0 aliphatic rings. The Hall–Kier alpha value is -2.60. The Bertz CT molecular complexity index is 871. The second kappa shape index (κ2) is 6.88. The van der Waals surface area contributed by atoms with E-state index in [-0.39, 0.29) is 5.91 Å². The lowest BCUT2D eigenvalue weighted by Gasteiger charge is -2.03. The van der Waals surface area contributed by atoms with Crippen molar-refractivity contribution in [1.29, 1.82) is 0 Å². The van der Waals surface area contributed by atoms with Crippen LogP contribution in [0.1, 0.15) is 32.3 Å². The molecule has 0 bridgehead atoms. The molecular formula is C18H18N4OS. The number of amides is 1. The van der Waals surface area contributed by atoms with Crippen molar-refractivity contribution >= 4 is 17.2 Å². The lowest BCUT2D eigenvalue weighted by atomic mass is 10.1. The molecule has 1 N–H and O–H groups in total. The molecule has 24 heavy (non-hydrogen) atoms. The van der Waals surface area contributed by atoms with Gasteiger partial charge in [-0.25, -0.2) is 9.97 Å². The molecule has 122 valence electrons. The Morgan fingerprint density at radius 1 is 1.12 bits per heavy atom. The van der Waals surface area contributed by atoms with E-state index >= 15 is 0 Å². The van der Waals surface area contributed by atoms with Gasteiger partial charge in [0.15, 0.2) is 0 Å². The average Bonchev–Trinajstić information content (AvgIpc) is 2.94. The first-order chi connectivity index (χ1) is 11.5. The van der Waals surface area contributed by atoms with Crippen LogP contribution < -0.4 is 5.32 Å². The second-order valence-corrected chi connectivity index (χ2v) is 6.65. The highest BCUT2D eigenvalue weighted by molar-refractivity contribution is 7.15. The highest BCUT2D eigenvalue weighted by Crippen LogP contribution is 2.29. The van der Waals surface area contributed by atoms with Gasteiger partial charge in [0.25, 0.3) is 5.91 Å². The zero-order valence-electron chi connectivity index (χ0n) is 13.8. The first kappa shape index (κ1) is 16.3. The number of hydrogen-bond acceptors (Lipinski definition) is 5. The summed E-state index contributed by atoms with van der Waals surface area (Å²) in [6.07, 6.45) is 3.08. The molecule has 0 atom stereocenters. The minimum atomic E-state index is -0.229. The van der Waals surface area contributed by atoms with Crippen LogP contribution in [0.15, 0.2) is 36.7 Å². The molecule has 2 heterocycles. The van der Waals surface area contributed by atoms with Gasteiger partial charge in [-0.3, -0.25) is 9.78 Å². The smallest absolute Gasteiger partial charge is 0.271 e. The Labute approximate surface area is 144 Å². The molecule has 0 aliphatic carbocycles. The largest absolute Gasteiger partial charge is 0.346 e. The molecule has 6 heteroatoms. The number of nitrogens with one attached hydrogen (secondary N) is 1. The monoisotopic (exact) mass is 338 g/mol. The highest BCUT2D eigenvalue weighted by atomic mass is 32.1. The van der Waals surface area contributed by atoms with Gasteiger partial charge in [-0.1, -0.05) is 24.3 Å². The molecular weight excluding hydrogens is 320 g/mol. The van der Waals surface area contributed by atoms with Crippen LogP contribution in [0.2, 0.25) is 0 Å². The summed E-state index contributed by atoms with van der Waals surface area (Å²) in [5.74, 6) is -0.229. The van der Waals surface area contributed by atoms with E-state index in [0.29, 0.717) is 12.2 Å². The Balaban J connectivity index is 1.73. The number of aromatic nitrogens is 3. The number of benzene rings is 1. The van der Waals surface area contributed by atoms with Crippen LogP contribution in [0.25, 0.3) is 10.6 Å². The van der Waals surface area contributed by atoms with Gasteiger partial charge < -0.3 is 5.32 Å². The summed E-state index contributed by atoms with van der Waals surface area (Å²) < 4.78 is 0. The number of carbonyl (C=O) groups excluding carboxylic acids is 1. The molecule has 3 aromatic rings. The predicted molar refractivity (Wildman–Crippen MR) is 95.0 cm³/mol. The number of hydrogen-bond donors (Lipinski definition) is 1. The van der Waals surface area contributed by atoms with E-state index in [4.69, 9.17) is 0 Å². The third kappa shape index (κ3) is 3.49. The summed E-state index contributed by atoms with van der Waals surface area (Å²) in [5, 5.41) is 3.86. The van der Waals surface area contributed by atoms with Crippen LogP contribution in [0.4, 0.5) is 0 Å². The van der Waals surface area contributed by atoms with E-state index in [1.54, 1.807) is 17.5 Å². The molecule has 1 amide bonds. The first-order valence-corrected chi connectivity index (χ1v) is 8.45. The lowest BCUT2D eigenvalue weighted by molar-refractivity contribution is 0.0946. The summed E-state index contributed by atoms with van der Waals surface area (Å²) in [5.41, 5.74) is 4.37. The van der Waals surface area contributed by atoms with Gasteiger partial charge in [0, 0.05) is 16.6 Å². The molecule has 0 saturated carbocycles. The van der Waals surface area contributed by atoms with Crippen molar-refractivity contribution in [2.75, 3.05) is 0 Å². The van der Waals surface area contributed by atoms with Gasteiger partial charge in [-0.15, -0.1) is 11.3 Å². The number of thiazole rings is 1. The van der Waals surface area contributed by atoms with Gasteiger partial charge >= 0.3 is 0 Å². The fourth-order valence-corrected chi connectivity index (χ4v) is 3.37. The van der Waals surface area contributed by atoms with Crippen molar-refractivity contribution in [3.63, 3.8) is 0 Å². The average molecular weight is 338 g/mol. The Morgan fingerprint density at radius 3 is 2.62 bits per heavy atom. The summed E-state index contributed by atoms with van der Waals surface area (Å²) in [7, 11) is 0. The molecule has 3 rings (SSSR count). The van der Waals surface area contributed by atoms with Gasteiger partial charge in [0.1, 0.15) is 10.7 Å². The van der Waals surface area contributed by atoms with E-state index in [1.165, 1.54) is 11.8 Å². The summed E-state index contributed by atoms with van der Waals surface area (Å²) in [4.78, 5) is 26.0. The number of carbonyl (C=O) groups is 1. The zero-order valence-corrected chi connectivity index (χ0v) is 14.6. The first-order valence-electron chi connectivity index (χ1n) is 7.64. The second-order valence-electron chi connectivity index (χ2n) is 5.57. The summed E-state index contributed by atoms with van der Waals surface area (Å²) in [6, 6.07) is 8.17. The molecule has 2 aromatic heterocycles. The minimum absolute atomic E-state index is 0.229. The van der Waals surface area contributed by atoms with E-state index in [0.717, 1.165) is 26.8 Å². The maximum Gasteiger partial charge on any atom is 0.271 e. The number of nitrogens with zero attached hydrogens (tertiary/aromatic N) is 3. The predicted octanol–water partition coefficient (Wildman–Crippen LogP) is 3.46. The molecule has 0 unspecified atom stereocenters. The Kier molecular flexibility index (Phi) is 4.66. The topological polar surface area (TPSA) is 67.8 Å². The van der Waals surface area contributed by atoms with Crippen molar-refractivity contribution < 1.29 is 4.79 Å². The summed E-state index contributed by atoms with van der Waals surface area (Å²) in [6.45, 7) is 6.31. The minimum Gasteiger partial charge on any atom is -0.346 e. The molecule has 1 aromatic carbocycles. The molecule has 0 radical (unpaired) electrons. The van der Waals surface area contributed by atoms with Crippen LogP contribution >= 0.6 is 11.3 Å². The normalized spacial score (nSPS) is 10.6. The SMILES string of the molecule is Cc1cnc(C(=O)NCc2sc(-c3ccccc3C)nc2C)cn1. The van der Waals surface area contributed by atoms with E-state index < -0.39 is 0 Å². The van der Waals surface area contributed by atoms with Crippen molar-refractivity contribution in [2.24, 2.45) is 0 Å². The van der Waals surface area contributed by atoms with Crippen LogP contribution in [0, 0.1) is 20.8 Å². The third-order valence-corrected chi connectivity index (χ3v) is 4.88. The lowest BCUT2D eigenvalue weighted by Crippen LogP contribution is -2.23. The van der Waals surface area contributed by atoms with Crippen molar-refractivity contribution in [3.05, 3.63) is 64.2 Å². The maximum atomic E-state index is 12.1. The van der Waals surface area contributed by atoms with E-state index in [2.05, 4.69) is 39.3 Å². The van der Waals surface area contributed by atoms with Gasteiger partial charge in [0.05, 0.1) is 24.1 Å². The third-order valence-electron chi connectivity index (χ3n) is 3.69. The van der Waals surface area contributed by atoms with Gasteiger partial charge in [-0.2, -0.15) is 0 Å². The zero-order chi connectivity index (χ0) is 17.1. The molecule has 0 aliphatic heterocycles. The maximum absolute atomic E-state index is 12.1. The quantitative estimate of drug-likeness (QED) is 0.791. The molecule has 0 saturated heterocycles. The molecule has 0 fully saturated rings. The standard InChI is InChI=1S/C18H18N4OS/c1-11-6-4-5-7-14(11)18-22-13(3)16(24-18)10-21-17(23)15-9-19-12(2)8-20-15/h4-9H,10H2,1-3H3,(H,21,23). The fourth-order valence-electron chi connectivity index (χ4n) is 2.28. The van der Waals surface area contributed by atoms with Gasteiger partial charge in [-0.05, 0) is 26.3 Å². The van der Waals surface area contributed by atoms with Crippen LogP contribution in [0.3, 0.4) is 0 Å². The van der Waals surface area contributed by atoms with Crippen LogP contribution in [-0.4, -0.2) is 20.9 Å². The van der Waals surface area contributed by atoms with E-state index in [1.807, 2.05) is 26.0 Å². The number of rotatable bonds is 4. The van der Waals surface area contributed by atoms with Crippen LogP contribution in [0.5, 0.6) is 0 Å². The van der Waals surface area contributed by atoms with Gasteiger partial charge in [0.2, 0.25) is 0 Å².